The number of aryl methyl sites for hydroxylation is 1. The molecule has 4 rings (SSSR count). The van der Waals surface area contributed by atoms with E-state index >= 15 is 0 Å². The van der Waals surface area contributed by atoms with Gasteiger partial charge in [0.2, 0.25) is 5.91 Å². The molecule has 0 spiro atoms. The molecule has 1 aliphatic rings. The molecular weight excluding hydrogens is 262 g/mol. The monoisotopic (exact) mass is 277 g/mol. The van der Waals surface area contributed by atoms with Crippen LogP contribution >= 0.6 is 0 Å². The number of hydrogen-bond donors (Lipinski definition) is 1. The Morgan fingerprint density at radius 3 is 2.86 bits per heavy atom. The van der Waals surface area contributed by atoms with Gasteiger partial charge in [-0.3, -0.25) is 4.79 Å². The van der Waals surface area contributed by atoms with Crippen molar-refractivity contribution < 1.29 is 9.21 Å². The molecule has 0 unspecified atom stereocenters. The number of furan rings is 1. The summed E-state index contributed by atoms with van der Waals surface area (Å²) in [6.45, 7) is 2.04. The molecule has 1 N–H and O–H groups in total. The highest BCUT2D eigenvalue weighted by Crippen LogP contribution is 2.36. The number of carbonyl (C=O) groups is 1. The first-order chi connectivity index (χ1) is 10.2. The van der Waals surface area contributed by atoms with Gasteiger partial charge < -0.3 is 9.73 Å². The molecule has 1 aliphatic heterocycles. The van der Waals surface area contributed by atoms with Gasteiger partial charge in [-0.2, -0.15) is 0 Å². The molecule has 0 saturated carbocycles. The van der Waals surface area contributed by atoms with Crippen molar-refractivity contribution >= 4 is 22.6 Å². The zero-order valence-corrected chi connectivity index (χ0v) is 11.7. The number of carbonyl (C=O) groups excluding carboxylic acids is 1. The first-order valence-electron chi connectivity index (χ1n) is 7.09. The summed E-state index contributed by atoms with van der Waals surface area (Å²) in [5.41, 5.74) is 4.03. The maximum absolute atomic E-state index is 12.2. The Balaban J connectivity index is 1.71. The average Bonchev–Trinajstić information content (AvgIpc) is 3.01. The van der Waals surface area contributed by atoms with Crippen LogP contribution in [-0.2, 0) is 11.2 Å². The van der Waals surface area contributed by atoms with E-state index in [0.29, 0.717) is 6.42 Å². The van der Waals surface area contributed by atoms with Crippen LogP contribution in [0.3, 0.4) is 0 Å². The van der Waals surface area contributed by atoms with Gasteiger partial charge in [-0.05, 0) is 30.7 Å². The normalized spacial score (nSPS) is 17.0. The highest BCUT2D eigenvalue weighted by atomic mass is 16.3. The Bertz CT molecular complexity index is 814. The van der Waals surface area contributed by atoms with Crippen molar-refractivity contribution in [2.45, 2.75) is 19.3 Å². The van der Waals surface area contributed by atoms with Gasteiger partial charge in [-0.25, -0.2) is 0 Å². The summed E-state index contributed by atoms with van der Waals surface area (Å²) in [7, 11) is 0. The number of amides is 1. The van der Waals surface area contributed by atoms with Crippen LogP contribution in [0.15, 0.2) is 52.9 Å². The van der Waals surface area contributed by atoms with Crippen molar-refractivity contribution in [1.29, 1.82) is 0 Å². The van der Waals surface area contributed by atoms with Crippen LogP contribution in [0.5, 0.6) is 0 Å². The number of para-hydroxylation sites is 1. The average molecular weight is 277 g/mol. The number of rotatable bonds is 2. The second-order valence-corrected chi connectivity index (χ2v) is 5.59. The quantitative estimate of drug-likeness (QED) is 0.768. The Morgan fingerprint density at radius 1 is 1.14 bits per heavy atom. The van der Waals surface area contributed by atoms with Crippen LogP contribution in [-0.4, -0.2) is 5.91 Å². The molecule has 0 aliphatic carbocycles. The van der Waals surface area contributed by atoms with E-state index in [1.807, 2.05) is 49.4 Å². The van der Waals surface area contributed by atoms with Gasteiger partial charge in [-0.1, -0.05) is 35.9 Å². The zero-order chi connectivity index (χ0) is 14.4. The third-order valence-electron chi connectivity index (χ3n) is 4.04. The molecule has 1 aromatic heterocycles. The number of anilines is 1. The van der Waals surface area contributed by atoms with Crippen LogP contribution in [0.1, 0.15) is 22.8 Å². The topological polar surface area (TPSA) is 42.2 Å². The highest BCUT2D eigenvalue weighted by Gasteiger charge is 2.31. The molecule has 2 heterocycles. The van der Waals surface area contributed by atoms with Gasteiger partial charge in [0.05, 0.1) is 5.92 Å². The third-order valence-corrected chi connectivity index (χ3v) is 4.04. The van der Waals surface area contributed by atoms with Gasteiger partial charge in [0.25, 0.3) is 0 Å². The lowest BCUT2D eigenvalue weighted by atomic mass is 9.95. The van der Waals surface area contributed by atoms with E-state index in [9.17, 15) is 4.79 Å². The Labute approximate surface area is 122 Å². The molecule has 3 heteroatoms. The number of fused-ring (bicyclic) bond motifs is 2. The van der Waals surface area contributed by atoms with E-state index in [2.05, 4.69) is 11.4 Å². The van der Waals surface area contributed by atoms with Gasteiger partial charge >= 0.3 is 0 Å². The summed E-state index contributed by atoms with van der Waals surface area (Å²) in [5.74, 6) is 0.738. The van der Waals surface area contributed by atoms with E-state index in [1.165, 1.54) is 5.56 Å². The second kappa shape index (κ2) is 4.48. The number of hydrogen-bond acceptors (Lipinski definition) is 2. The standard InChI is InChI=1S/C18H15NO2/c1-11-6-7-16-14(8-11)15(18(20)19-16)10-13-9-12-4-2-3-5-17(12)21-13/h2-9,15H,10H2,1H3,(H,19,20)/t15-/m1/s1. The van der Waals surface area contributed by atoms with Crippen LogP contribution in [0.4, 0.5) is 5.69 Å². The molecule has 0 saturated heterocycles. The number of benzene rings is 2. The van der Waals surface area contributed by atoms with Gasteiger partial charge in [0.15, 0.2) is 0 Å². The SMILES string of the molecule is Cc1ccc2c(c1)[C@@H](Cc1cc3ccccc3o1)C(=O)N2. The lowest BCUT2D eigenvalue weighted by Gasteiger charge is -2.07. The van der Waals surface area contributed by atoms with Gasteiger partial charge in [-0.15, -0.1) is 0 Å². The molecule has 21 heavy (non-hydrogen) atoms. The summed E-state index contributed by atoms with van der Waals surface area (Å²) in [6.07, 6.45) is 0.594. The summed E-state index contributed by atoms with van der Waals surface area (Å²) >= 11 is 0. The van der Waals surface area contributed by atoms with Crippen molar-refractivity contribution in [1.82, 2.24) is 0 Å². The summed E-state index contributed by atoms with van der Waals surface area (Å²) in [6, 6.07) is 16.0. The molecule has 1 amide bonds. The largest absolute Gasteiger partial charge is 0.461 e. The van der Waals surface area contributed by atoms with E-state index in [-0.39, 0.29) is 11.8 Å². The fourth-order valence-electron chi connectivity index (χ4n) is 2.99. The first kappa shape index (κ1) is 12.2. The number of nitrogens with one attached hydrogen (secondary N) is 1. The summed E-state index contributed by atoms with van der Waals surface area (Å²) < 4.78 is 5.84. The lowest BCUT2D eigenvalue weighted by molar-refractivity contribution is -0.117. The van der Waals surface area contributed by atoms with Gasteiger partial charge in [0.1, 0.15) is 11.3 Å². The second-order valence-electron chi connectivity index (χ2n) is 5.59. The Kier molecular flexibility index (Phi) is 2.61. The van der Waals surface area contributed by atoms with Gasteiger partial charge in [0, 0.05) is 17.5 Å². The summed E-state index contributed by atoms with van der Waals surface area (Å²) in [4.78, 5) is 12.2. The fraction of sp³-hybridized carbons (Fsp3) is 0.167. The molecule has 104 valence electrons. The molecule has 3 nitrogen and oxygen atoms in total. The van der Waals surface area contributed by atoms with Crippen LogP contribution < -0.4 is 5.32 Å². The van der Waals surface area contributed by atoms with Crippen molar-refractivity contribution in [3.8, 4) is 0 Å². The summed E-state index contributed by atoms with van der Waals surface area (Å²) in [5, 5.41) is 4.03. The van der Waals surface area contributed by atoms with E-state index < -0.39 is 0 Å². The van der Waals surface area contributed by atoms with Crippen molar-refractivity contribution in [3.63, 3.8) is 0 Å². The van der Waals surface area contributed by atoms with Crippen LogP contribution in [0.2, 0.25) is 0 Å². The van der Waals surface area contributed by atoms with E-state index in [4.69, 9.17) is 4.42 Å². The minimum atomic E-state index is -0.166. The third kappa shape index (κ3) is 2.02. The molecule has 2 aromatic carbocycles. The molecule has 0 bridgehead atoms. The van der Waals surface area contributed by atoms with Crippen molar-refractivity contribution in [3.05, 3.63) is 65.4 Å². The molecule has 3 aromatic rings. The molecule has 1 atom stereocenters. The molecule has 0 radical (unpaired) electrons. The lowest BCUT2D eigenvalue weighted by Crippen LogP contribution is -2.13. The smallest absolute Gasteiger partial charge is 0.232 e. The van der Waals surface area contributed by atoms with Crippen LogP contribution in [0, 0.1) is 6.92 Å². The Hall–Kier alpha value is -2.55. The molecular formula is C18H15NO2. The predicted octanol–water partition coefficient (Wildman–Crippen LogP) is 4.02. The minimum absolute atomic E-state index is 0.0519. The van der Waals surface area contributed by atoms with E-state index in [0.717, 1.165) is 28.0 Å². The predicted molar refractivity (Wildman–Crippen MR) is 82.5 cm³/mol. The maximum atomic E-state index is 12.2. The minimum Gasteiger partial charge on any atom is -0.461 e. The van der Waals surface area contributed by atoms with Crippen LogP contribution in [0.25, 0.3) is 11.0 Å². The molecule has 0 fully saturated rings. The zero-order valence-electron chi connectivity index (χ0n) is 11.7. The maximum Gasteiger partial charge on any atom is 0.232 e. The first-order valence-corrected chi connectivity index (χ1v) is 7.09. The van der Waals surface area contributed by atoms with Crippen molar-refractivity contribution in [2.24, 2.45) is 0 Å². The van der Waals surface area contributed by atoms with Crippen molar-refractivity contribution in [2.75, 3.05) is 5.32 Å². The fourth-order valence-corrected chi connectivity index (χ4v) is 2.99. The Morgan fingerprint density at radius 2 is 2.00 bits per heavy atom. The highest BCUT2D eigenvalue weighted by molar-refractivity contribution is 6.03. The van der Waals surface area contributed by atoms with E-state index in [1.54, 1.807) is 0 Å².